The highest BCUT2D eigenvalue weighted by Gasteiger charge is 2.22. The van der Waals surface area contributed by atoms with Crippen LogP contribution in [0, 0.1) is 12.8 Å². The number of carbonyl (C=O) groups is 1. The number of nitrogens with zero attached hydrogens (tertiary/aromatic N) is 5. The van der Waals surface area contributed by atoms with Crippen molar-refractivity contribution >= 4 is 17.2 Å². The Morgan fingerprint density at radius 1 is 1.36 bits per heavy atom. The topological polar surface area (TPSA) is 62.2 Å². The summed E-state index contributed by atoms with van der Waals surface area (Å²) >= 11 is 1.65. The maximum Gasteiger partial charge on any atom is 0.272 e. The highest BCUT2D eigenvalue weighted by molar-refractivity contribution is 7.07. The molecule has 3 heterocycles. The van der Waals surface area contributed by atoms with Crippen LogP contribution in [0.3, 0.4) is 0 Å². The van der Waals surface area contributed by atoms with Gasteiger partial charge in [0.2, 0.25) is 0 Å². The zero-order valence-electron chi connectivity index (χ0n) is 15.1. The summed E-state index contributed by atoms with van der Waals surface area (Å²) in [5.41, 5.74) is 4.51. The Balaban J connectivity index is 1.66. The van der Waals surface area contributed by atoms with Crippen molar-refractivity contribution in [1.82, 2.24) is 24.8 Å². The highest BCUT2D eigenvalue weighted by atomic mass is 32.1. The van der Waals surface area contributed by atoms with Gasteiger partial charge in [-0.3, -0.25) is 9.69 Å². The lowest BCUT2D eigenvalue weighted by molar-refractivity contribution is 0.0821. The molecule has 134 valence electrons. The predicted octanol–water partition coefficient (Wildman–Crippen LogP) is 2.40. The molecular weight excluding hydrogens is 334 g/mol. The molecule has 1 aliphatic rings. The predicted molar refractivity (Wildman–Crippen MR) is 98.6 cm³/mol. The van der Waals surface area contributed by atoms with Gasteiger partial charge in [-0.25, -0.2) is 15.0 Å². The molecule has 0 unspecified atom stereocenters. The van der Waals surface area contributed by atoms with Crippen molar-refractivity contribution in [3.05, 3.63) is 39.9 Å². The third-order valence-electron chi connectivity index (χ3n) is 4.49. The number of aryl methyl sites for hydroxylation is 1. The molecule has 0 bridgehead atoms. The molecule has 1 fully saturated rings. The van der Waals surface area contributed by atoms with E-state index in [9.17, 15) is 4.79 Å². The number of rotatable bonds is 5. The summed E-state index contributed by atoms with van der Waals surface area (Å²) in [5, 5.41) is 2.12. The van der Waals surface area contributed by atoms with Gasteiger partial charge in [0.05, 0.1) is 11.2 Å². The Bertz CT molecular complexity index is 716. The summed E-state index contributed by atoms with van der Waals surface area (Å²) in [7, 11) is 3.49. The van der Waals surface area contributed by atoms with Crippen molar-refractivity contribution in [3.63, 3.8) is 0 Å². The van der Waals surface area contributed by atoms with Crippen LogP contribution in [0.25, 0.3) is 0 Å². The van der Waals surface area contributed by atoms with E-state index in [-0.39, 0.29) is 5.91 Å². The van der Waals surface area contributed by atoms with Crippen molar-refractivity contribution < 1.29 is 4.79 Å². The fourth-order valence-electron chi connectivity index (χ4n) is 3.37. The van der Waals surface area contributed by atoms with Gasteiger partial charge in [0.15, 0.2) is 0 Å². The van der Waals surface area contributed by atoms with E-state index in [1.165, 1.54) is 12.8 Å². The van der Waals surface area contributed by atoms with Crippen molar-refractivity contribution in [2.75, 3.05) is 27.2 Å². The number of hydrogen-bond acceptors (Lipinski definition) is 6. The fourth-order valence-corrected chi connectivity index (χ4v) is 3.92. The first-order valence-corrected chi connectivity index (χ1v) is 9.61. The summed E-state index contributed by atoms with van der Waals surface area (Å²) < 4.78 is 0. The molecule has 0 N–H and O–H groups in total. The van der Waals surface area contributed by atoms with Crippen LogP contribution in [0.1, 0.15) is 40.5 Å². The molecule has 1 amide bonds. The van der Waals surface area contributed by atoms with Crippen LogP contribution in [0.4, 0.5) is 0 Å². The molecule has 2 aromatic heterocycles. The van der Waals surface area contributed by atoms with Gasteiger partial charge < -0.3 is 4.90 Å². The average Bonchev–Trinajstić information content (AvgIpc) is 3.06. The molecule has 1 aliphatic heterocycles. The monoisotopic (exact) mass is 359 g/mol. The Labute approximate surface area is 152 Å². The van der Waals surface area contributed by atoms with E-state index in [0.29, 0.717) is 17.4 Å². The first-order valence-electron chi connectivity index (χ1n) is 8.67. The van der Waals surface area contributed by atoms with Gasteiger partial charge >= 0.3 is 0 Å². The van der Waals surface area contributed by atoms with Crippen LogP contribution in [-0.4, -0.2) is 57.8 Å². The molecule has 0 spiro atoms. The minimum atomic E-state index is -0.0689. The minimum Gasteiger partial charge on any atom is -0.343 e. The zero-order chi connectivity index (χ0) is 17.8. The van der Waals surface area contributed by atoms with Crippen molar-refractivity contribution in [2.24, 2.45) is 5.92 Å². The van der Waals surface area contributed by atoms with Crippen LogP contribution in [0.5, 0.6) is 0 Å². The van der Waals surface area contributed by atoms with Gasteiger partial charge in [-0.1, -0.05) is 0 Å². The van der Waals surface area contributed by atoms with Gasteiger partial charge in [-0.05, 0) is 44.7 Å². The van der Waals surface area contributed by atoms with Crippen LogP contribution < -0.4 is 0 Å². The van der Waals surface area contributed by atoms with Crippen LogP contribution >= 0.6 is 11.3 Å². The molecule has 0 radical (unpaired) electrons. The normalized spacial score (nSPS) is 18.3. The van der Waals surface area contributed by atoms with Crippen molar-refractivity contribution in [1.29, 1.82) is 0 Å². The number of likely N-dealkylation sites (tertiary alicyclic amines) is 1. The van der Waals surface area contributed by atoms with Gasteiger partial charge in [0, 0.05) is 38.3 Å². The smallest absolute Gasteiger partial charge is 0.272 e. The molecule has 1 saturated heterocycles. The first-order chi connectivity index (χ1) is 12.0. The SMILES string of the molecule is Cc1nc(C[C@H]2CCCN(Cc3cscn3)C2)cc(C(=O)N(C)C)n1. The summed E-state index contributed by atoms with van der Waals surface area (Å²) in [6.07, 6.45) is 3.29. The van der Waals surface area contributed by atoms with Gasteiger partial charge in [-0.2, -0.15) is 0 Å². The van der Waals surface area contributed by atoms with Crippen molar-refractivity contribution in [2.45, 2.75) is 32.7 Å². The first kappa shape index (κ1) is 17.9. The van der Waals surface area contributed by atoms with Gasteiger partial charge in [-0.15, -0.1) is 11.3 Å². The van der Waals surface area contributed by atoms with Gasteiger partial charge in [0.25, 0.3) is 5.91 Å². The standard InChI is InChI=1S/C18H25N5OS/c1-13-20-15(8-17(21-13)18(24)22(2)3)7-14-5-4-6-23(9-14)10-16-11-25-12-19-16/h8,11-12,14H,4-7,9-10H2,1-3H3/t14-/m1/s1. The highest BCUT2D eigenvalue weighted by Crippen LogP contribution is 2.22. The summed E-state index contributed by atoms with van der Waals surface area (Å²) in [6.45, 7) is 4.96. The minimum absolute atomic E-state index is 0.0689. The Morgan fingerprint density at radius 2 is 2.20 bits per heavy atom. The quantitative estimate of drug-likeness (QED) is 0.820. The second kappa shape index (κ2) is 8.01. The summed E-state index contributed by atoms with van der Waals surface area (Å²) in [5.74, 6) is 1.15. The Morgan fingerprint density at radius 3 is 2.92 bits per heavy atom. The molecule has 0 saturated carbocycles. The third kappa shape index (κ3) is 4.83. The number of piperidine rings is 1. The summed E-state index contributed by atoms with van der Waals surface area (Å²) in [4.78, 5) is 29.5. The maximum absolute atomic E-state index is 12.2. The van der Waals surface area contributed by atoms with E-state index in [2.05, 4.69) is 25.2 Å². The van der Waals surface area contributed by atoms with E-state index in [1.54, 1.807) is 30.3 Å². The van der Waals surface area contributed by atoms with Crippen LogP contribution in [0.15, 0.2) is 17.0 Å². The van der Waals surface area contributed by atoms with Crippen LogP contribution in [0.2, 0.25) is 0 Å². The van der Waals surface area contributed by atoms with Gasteiger partial charge in [0.1, 0.15) is 11.5 Å². The molecule has 7 heteroatoms. The van der Waals surface area contributed by atoms with Crippen molar-refractivity contribution in [3.8, 4) is 0 Å². The molecule has 2 aromatic rings. The fraction of sp³-hybridized carbons (Fsp3) is 0.556. The second-order valence-electron chi connectivity index (χ2n) is 6.92. The van der Waals surface area contributed by atoms with E-state index in [1.807, 2.05) is 18.5 Å². The maximum atomic E-state index is 12.2. The lowest BCUT2D eigenvalue weighted by Gasteiger charge is -2.32. The summed E-state index contributed by atoms with van der Waals surface area (Å²) in [6, 6.07) is 1.86. The van der Waals surface area contributed by atoms with E-state index >= 15 is 0 Å². The molecule has 6 nitrogen and oxygen atoms in total. The largest absolute Gasteiger partial charge is 0.343 e. The van der Waals surface area contributed by atoms with E-state index in [0.717, 1.165) is 37.4 Å². The number of amides is 1. The Kier molecular flexibility index (Phi) is 5.75. The van der Waals surface area contributed by atoms with E-state index < -0.39 is 0 Å². The zero-order valence-corrected chi connectivity index (χ0v) is 15.9. The Hall–Kier alpha value is -1.86. The second-order valence-corrected chi connectivity index (χ2v) is 7.64. The molecular formula is C18H25N5OS. The lowest BCUT2D eigenvalue weighted by atomic mass is 9.93. The van der Waals surface area contributed by atoms with Crippen LogP contribution in [-0.2, 0) is 13.0 Å². The molecule has 1 atom stereocenters. The molecule has 0 aromatic carbocycles. The molecule has 0 aliphatic carbocycles. The number of aromatic nitrogens is 3. The number of hydrogen-bond donors (Lipinski definition) is 0. The molecule has 3 rings (SSSR count). The lowest BCUT2D eigenvalue weighted by Crippen LogP contribution is -2.36. The average molecular weight is 359 g/mol. The van der Waals surface area contributed by atoms with E-state index in [4.69, 9.17) is 0 Å². The molecule has 25 heavy (non-hydrogen) atoms. The third-order valence-corrected chi connectivity index (χ3v) is 5.12. The number of carbonyl (C=O) groups excluding carboxylic acids is 1. The number of thiazole rings is 1.